The number of hydrogen-bond donors (Lipinski definition) is 1. The molecule has 3 aromatic rings. The van der Waals surface area contributed by atoms with Gasteiger partial charge >= 0.3 is 0 Å². The first kappa shape index (κ1) is 21.1. The first-order valence-corrected chi connectivity index (χ1v) is 11.3. The number of imidazole rings is 1. The summed E-state index contributed by atoms with van der Waals surface area (Å²) in [7, 11) is 2.22. The number of unbranched alkanes of at least 4 members (excludes halogenated alkanes) is 1. The smallest absolute Gasteiger partial charge is 0.216 e. The number of aryl methyl sites for hydroxylation is 1. The largest absolute Gasteiger partial charge is 0.477 e. The molecule has 1 saturated heterocycles. The summed E-state index contributed by atoms with van der Waals surface area (Å²) in [4.78, 5) is 15.1. The fourth-order valence-electron chi connectivity index (χ4n) is 4.35. The SMILES string of the molecule is Cc1c(-c2nc3c(C)cc(Cl)cc3[nH]2)ccnc1OCCCCC1CCN(C)CC1. The van der Waals surface area contributed by atoms with Gasteiger partial charge in [-0.2, -0.15) is 0 Å². The van der Waals surface area contributed by atoms with Gasteiger partial charge in [-0.25, -0.2) is 9.97 Å². The Morgan fingerprint density at radius 3 is 2.80 bits per heavy atom. The number of rotatable bonds is 7. The van der Waals surface area contributed by atoms with E-state index in [9.17, 15) is 0 Å². The molecule has 5 nitrogen and oxygen atoms in total. The first-order chi connectivity index (χ1) is 14.5. The van der Waals surface area contributed by atoms with Gasteiger partial charge in [0.1, 0.15) is 5.82 Å². The van der Waals surface area contributed by atoms with Crippen LogP contribution in [0, 0.1) is 19.8 Å². The van der Waals surface area contributed by atoms with Crippen molar-refractivity contribution in [3.05, 3.63) is 40.5 Å². The summed E-state index contributed by atoms with van der Waals surface area (Å²) in [5, 5.41) is 0.714. The van der Waals surface area contributed by atoms with Crippen LogP contribution in [0.25, 0.3) is 22.4 Å². The van der Waals surface area contributed by atoms with Crippen LogP contribution in [0.2, 0.25) is 5.02 Å². The number of fused-ring (bicyclic) bond motifs is 1. The maximum absolute atomic E-state index is 6.19. The molecule has 3 heterocycles. The molecule has 160 valence electrons. The lowest BCUT2D eigenvalue weighted by atomic mass is 9.92. The van der Waals surface area contributed by atoms with E-state index in [-0.39, 0.29) is 0 Å². The Hall–Kier alpha value is -2.11. The molecule has 0 atom stereocenters. The van der Waals surface area contributed by atoms with Crippen molar-refractivity contribution in [2.24, 2.45) is 5.92 Å². The number of pyridine rings is 1. The zero-order valence-electron chi connectivity index (χ0n) is 18.2. The summed E-state index contributed by atoms with van der Waals surface area (Å²) in [6.07, 6.45) is 8.06. The summed E-state index contributed by atoms with van der Waals surface area (Å²) >= 11 is 6.19. The predicted octanol–water partition coefficient (Wildman–Crippen LogP) is 5.79. The molecule has 1 aliphatic rings. The lowest BCUT2D eigenvalue weighted by Crippen LogP contribution is -2.30. The van der Waals surface area contributed by atoms with Crippen molar-refractivity contribution in [3.8, 4) is 17.3 Å². The van der Waals surface area contributed by atoms with Gasteiger partial charge in [0.25, 0.3) is 0 Å². The minimum Gasteiger partial charge on any atom is -0.477 e. The highest BCUT2D eigenvalue weighted by Gasteiger charge is 2.16. The highest BCUT2D eigenvalue weighted by atomic mass is 35.5. The van der Waals surface area contributed by atoms with Crippen LogP contribution in [-0.4, -0.2) is 46.6 Å². The number of nitrogens with one attached hydrogen (secondary N) is 1. The fourth-order valence-corrected chi connectivity index (χ4v) is 4.62. The van der Waals surface area contributed by atoms with Crippen LogP contribution in [0.4, 0.5) is 0 Å². The second-order valence-electron chi connectivity index (χ2n) is 8.58. The van der Waals surface area contributed by atoms with Gasteiger partial charge in [0.2, 0.25) is 5.88 Å². The third-order valence-corrected chi connectivity index (χ3v) is 6.46. The Kier molecular flexibility index (Phi) is 6.59. The highest BCUT2D eigenvalue weighted by molar-refractivity contribution is 6.31. The number of aromatic amines is 1. The van der Waals surface area contributed by atoms with E-state index in [0.717, 1.165) is 45.9 Å². The maximum atomic E-state index is 6.19. The molecule has 1 aromatic carbocycles. The predicted molar refractivity (Wildman–Crippen MR) is 123 cm³/mol. The average molecular weight is 427 g/mol. The molecule has 0 saturated carbocycles. The standard InChI is InChI=1S/C24H31ClN4O/c1-16-14-19(25)15-21-22(16)28-23(27-21)20-7-10-26-24(17(20)2)30-13-5-4-6-18-8-11-29(3)12-9-18/h7,10,14-15,18H,4-6,8-9,11-13H2,1-3H3,(H,27,28). The van der Waals surface area contributed by atoms with Crippen LogP contribution in [0.5, 0.6) is 5.88 Å². The van der Waals surface area contributed by atoms with E-state index in [1.54, 1.807) is 6.20 Å². The fraction of sp³-hybridized carbons (Fsp3) is 0.500. The molecule has 1 aliphatic heterocycles. The van der Waals surface area contributed by atoms with Gasteiger partial charge in [0, 0.05) is 22.3 Å². The number of aromatic nitrogens is 3. The second kappa shape index (κ2) is 9.36. The van der Waals surface area contributed by atoms with Crippen molar-refractivity contribution >= 4 is 22.6 Å². The van der Waals surface area contributed by atoms with Crippen LogP contribution in [0.15, 0.2) is 24.4 Å². The molecule has 2 aromatic heterocycles. The molecule has 0 amide bonds. The minimum absolute atomic E-state index is 0.696. The van der Waals surface area contributed by atoms with Crippen molar-refractivity contribution in [1.29, 1.82) is 0 Å². The Labute approximate surface area is 183 Å². The van der Waals surface area contributed by atoms with Crippen LogP contribution < -0.4 is 4.74 Å². The molecule has 30 heavy (non-hydrogen) atoms. The molecular weight excluding hydrogens is 396 g/mol. The Morgan fingerprint density at radius 1 is 1.20 bits per heavy atom. The van der Waals surface area contributed by atoms with E-state index in [0.29, 0.717) is 17.5 Å². The van der Waals surface area contributed by atoms with Gasteiger partial charge in [-0.15, -0.1) is 0 Å². The summed E-state index contributed by atoms with van der Waals surface area (Å²) in [5.41, 5.74) is 4.98. The van der Waals surface area contributed by atoms with E-state index >= 15 is 0 Å². The van der Waals surface area contributed by atoms with Crippen molar-refractivity contribution in [2.75, 3.05) is 26.7 Å². The van der Waals surface area contributed by atoms with E-state index in [1.165, 1.54) is 38.8 Å². The summed E-state index contributed by atoms with van der Waals surface area (Å²) in [6, 6.07) is 5.84. The summed E-state index contributed by atoms with van der Waals surface area (Å²) < 4.78 is 6.04. The number of benzene rings is 1. The lowest BCUT2D eigenvalue weighted by Gasteiger charge is -2.28. The normalized spacial score (nSPS) is 15.7. The molecule has 1 fully saturated rings. The Morgan fingerprint density at radius 2 is 2.00 bits per heavy atom. The molecule has 1 N–H and O–H groups in total. The quantitative estimate of drug-likeness (QED) is 0.486. The molecule has 0 spiro atoms. The molecule has 6 heteroatoms. The maximum Gasteiger partial charge on any atom is 0.216 e. The molecule has 0 radical (unpaired) electrons. The topological polar surface area (TPSA) is 54.0 Å². The highest BCUT2D eigenvalue weighted by Crippen LogP contribution is 2.30. The molecule has 4 rings (SSSR count). The number of hydrogen-bond acceptors (Lipinski definition) is 4. The van der Waals surface area contributed by atoms with E-state index in [4.69, 9.17) is 21.3 Å². The zero-order valence-corrected chi connectivity index (χ0v) is 18.9. The second-order valence-corrected chi connectivity index (χ2v) is 9.02. The van der Waals surface area contributed by atoms with Crippen molar-refractivity contribution in [1.82, 2.24) is 19.9 Å². The molecule has 0 aliphatic carbocycles. The Balaban J connectivity index is 1.37. The number of likely N-dealkylation sites (tertiary alicyclic amines) is 1. The molecular formula is C24H31ClN4O. The Bertz CT molecular complexity index is 1010. The number of H-pyrrole nitrogens is 1. The summed E-state index contributed by atoms with van der Waals surface area (Å²) in [6.45, 7) is 7.26. The van der Waals surface area contributed by atoms with Crippen LogP contribution in [-0.2, 0) is 0 Å². The number of halogens is 1. The van der Waals surface area contributed by atoms with E-state index in [1.807, 2.05) is 32.0 Å². The van der Waals surface area contributed by atoms with Crippen molar-refractivity contribution in [2.45, 2.75) is 46.0 Å². The van der Waals surface area contributed by atoms with E-state index in [2.05, 4.69) is 21.9 Å². The molecule has 0 unspecified atom stereocenters. The monoisotopic (exact) mass is 426 g/mol. The zero-order chi connectivity index (χ0) is 21.1. The number of ether oxygens (including phenoxy) is 1. The van der Waals surface area contributed by atoms with Gasteiger partial charge in [0.05, 0.1) is 17.6 Å². The average Bonchev–Trinajstić information content (AvgIpc) is 3.14. The number of nitrogens with zero attached hydrogens (tertiary/aromatic N) is 3. The minimum atomic E-state index is 0.696. The third kappa shape index (κ3) is 4.79. The first-order valence-electron chi connectivity index (χ1n) is 10.9. The van der Waals surface area contributed by atoms with Crippen LogP contribution in [0.3, 0.4) is 0 Å². The van der Waals surface area contributed by atoms with Crippen molar-refractivity contribution in [3.63, 3.8) is 0 Å². The van der Waals surface area contributed by atoms with Gasteiger partial charge in [-0.3, -0.25) is 0 Å². The van der Waals surface area contributed by atoms with Crippen molar-refractivity contribution < 1.29 is 4.74 Å². The molecule has 0 bridgehead atoms. The number of piperidine rings is 1. The van der Waals surface area contributed by atoms with Gasteiger partial charge in [0.15, 0.2) is 0 Å². The van der Waals surface area contributed by atoms with E-state index < -0.39 is 0 Å². The summed E-state index contributed by atoms with van der Waals surface area (Å²) in [5.74, 6) is 2.40. The van der Waals surface area contributed by atoms with Gasteiger partial charge in [-0.1, -0.05) is 18.0 Å². The third-order valence-electron chi connectivity index (χ3n) is 6.24. The van der Waals surface area contributed by atoms with Crippen LogP contribution in [0.1, 0.15) is 43.2 Å². The van der Waals surface area contributed by atoms with Crippen LogP contribution >= 0.6 is 11.6 Å². The van der Waals surface area contributed by atoms with Gasteiger partial charge in [-0.05, 0) is 89.3 Å². The van der Waals surface area contributed by atoms with Gasteiger partial charge < -0.3 is 14.6 Å². The lowest BCUT2D eigenvalue weighted by molar-refractivity contribution is 0.205.